The van der Waals surface area contributed by atoms with Gasteiger partial charge in [0.1, 0.15) is 0 Å². The lowest BCUT2D eigenvalue weighted by Gasteiger charge is -2.09. The van der Waals surface area contributed by atoms with Crippen molar-refractivity contribution in [2.24, 2.45) is 5.10 Å². The van der Waals surface area contributed by atoms with Crippen LogP contribution in [0.2, 0.25) is 0 Å². The van der Waals surface area contributed by atoms with Crippen molar-refractivity contribution in [2.75, 3.05) is 12.5 Å². The average molecular weight is 350 g/mol. The monoisotopic (exact) mass is 350 g/mol. The molecular weight excluding hydrogens is 332 g/mol. The van der Waals surface area contributed by atoms with Gasteiger partial charge in [0.05, 0.1) is 25.3 Å². The molecule has 0 spiro atoms. The molecule has 0 aliphatic heterocycles. The summed E-state index contributed by atoms with van der Waals surface area (Å²) in [6, 6.07) is 16.2. The first-order valence-corrected chi connectivity index (χ1v) is 7.96. The molecule has 3 aromatic rings. The lowest BCUT2D eigenvalue weighted by atomic mass is 10.2. The summed E-state index contributed by atoms with van der Waals surface area (Å²) in [6.07, 6.45) is 3.07. The van der Waals surface area contributed by atoms with Crippen LogP contribution in [0.1, 0.15) is 21.7 Å². The number of ether oxygens (including phenoxy) is 2. The number of hydrazone groups is 1. The van der Waals surface area contributed by atoms with Crippen molar-refractivity contribution < 1.29 is 18.7 Å². The van der Waals surface area contributed by atoms with E-state index in [1.54, 1.807) is 30.5 Å². The predicted molar refractivity (Wildman–Crippen MR) is 99.1 cm³/mol. The van der Waals surface area contributed by atoms with Crippen LogP contribution in [0, 0.1) is 6.92 Å². The van der Waals surface area contributed by atoms with E-state index in [1.165, 1.54) is 19.4 Å². The van der Waals surface area contributed by atoms with Crippen LogP contribution in [0.4, 0.5) is 5.69 Å². The van der Waals surface area contributed by atoms with E-state index in [0.717, 1.165) is 16.8 Å². The van der Waals surface area contributed by atoms with Gasteiger partial charge in [0.2, 0.25) is 5.76 Å². The Kier molecular flexibility index (Phi) is 5.34. The molecule has 2 aromatic carbocycles. The highest BCUT2D eigenvalue weighted by Gasteiger charge is 2.14. The number of nitrogens with zero attached hydrogens (tertiary/aromatic N) is 1. The highest BCUT2D eigenvalue weighted by atomic mass is 16.6. The molecule has 0 aliphatic carbocycles. The molecular formula is C20H18N2O4. The summed E-state index contributed by atoms with van der Waals surface area (Å²) in [6.45, 7) is 2.00. The second-order valence-electron chi connectivity index (χ2n) is 5.46. The van der Waals surface area contributed by atoms with Crippen LogP contribution in [-0.2, 0) is 0 Å². The number of rotatable bonds is 6. The van der Waals surface area contributed by atoms with Crippen molar-refractivity contribution in [2.45, 2.75) is 6.92 Å². The summed E-state index contributed by atoms with van der Waals surface area (Å²) in [7, 11) is 1.51. The van der Waals surface area contributed by atoms with Crippen molar-refractivity contribution in [1.82, 2.24) is 0 Å². The standard InChI is InChI=1S/C20H18N2O4/c1-14-6-3-4-7-16(14)22-21-13-15-9-10-17(19(12-15)24-2)26-20(23)18-8-5-11-25-18/h3-13,22H,1-2H3. The number of carbonyl (C=O) groups excluding carboxylic acids is 1. The second-order valence-corrected chi connectivity index (χ2v) is 5.46. The lowest BCUT2D eigenvalue weighted by Crippen LogP contribution is -2.08. The number of anilines is 1. The van der Waals surface area contributed by atoms with Crippen LogP contribution in [0.25, 0.3) is 0 Å². The summed E-state index contributed by atoms with van der Waals surface area (Å²) in [4.78, 5) is 12.0. The first kappa shape index (κ1) is 17.3. The van der Waals surface area contributed by atoms with Crippen molar-refractivity contribution in [3.63, 3.8) is 0 Å². The fraction of sp³-hybridized carbons (Fsp3) is 0.100. The van der Waals surface area contributed by atoms with Gasteiger partial charge in [-0.2, -0.15) is 5.10 Å². The van der Waals surface area contributed by atoms with E-state index in [1.807, 2.05) is 31.2 Å². The molecule has 1 N–H and O–H groups in total. The zero-order chi connectivity index (χ0) is 18.4. The topological polar surface area (TPSA) is 73.1 Å². The molecule has 0 saturated heterocycles. The van der Waals surface area contributed by atoms with Gasteiger partial charge in [-0.15, -0.1) is 0 Å². The number of carbonyl (C=O) groups is 1. The molecule has 0 saturated carbocycles. The number of hydrogen-bond donors (Lipinski definition) is 1. The Morgan fingerprint density at radius 3 is 2.69 bits per heavy atom. The first-order valence-electron chi connectivity index (χ1n) is 7.96. The van der Waals surface area contributed by atoms with E-state index in [0.29, 0.717) is 11.5 Å². The number of benzene rings is 2. The fourth-order valence-corrected chi connectivity index (χ4v) is 2.27. The van der Waals surface area contributed by atoms with Gasteiger partial charge in [0.15, 0.2) is 11.5 Å². The molecule has 0 bridgehead atoms. The van der Waals surface area contributed by atoms with E-state index in [9.17, 15) is 4.79 Å². The van der Waals surface area contributed by atoms with Crippen molar-refractivity contribution in [3.8, 4) is 11.5 Å². The molecule has 0 unspecified atom stereocenters. The van der Waals surface area contributed by atoms with E-state index < -0.39 is 5.97 Å². The molecule has 6 heteroatoms. The minimum absolute atomic E-state index is 0.125. The maximum atomic E-state index is 12.0. The number of aryl methyl sites for hydroxylation is 1. The van der Waals surface area contributed by atoms with E-state index in [2.05, 4.69) is 10.5 Å². The summed E-state index contributed by atoms with van der Waals surface area (Å²) in [5.41, 5.74) is 5.82. The van der Waals surface area contributed by atoms with Crippen molar-refractivity contribution in [3.05, 3.63) is 77.7 Å². The number of para-hydroxylation sites is 1. The Labute approximate surface area is 151 Å². The highest BCUT2D eigenvalue weighted by Crippen LogP contribution is 2.28. The highest BCUT2D eigenvalue weighted by molar-refractivity contribution is 5.89. The molecule has 0 radical (unpaired) electrons. The largest absolute Gasteiger partial charge is 0.493 e. The summed E-state index contributed by atoms with van der Waals surface area (Å²) in [5.74, 6) is 0.263. The van der Waals surface area contributed by atoms with Crippen molar-refractivity contribution in [1.29, 1.82) is 0 Å². The average Bonchev–Trinajstić information content (AvgIpc) is 3.19. The molecule has 0 aliphatic rings. The van der Waals surface area contributed by atoms with Gasteiger partial charge in [-0.1, -0.05) is 18.2 Å². The van der Waals surface area contributed by atoms with Gasteiger partial charge < -0.3 is 13.9 Å². The Bertz CT molecular complexity index is 917. The normalized spacial score (nSPS) is 10.7. The Balaban J connectivity index is 1.71. The minimum atomic E-state index is -0.587. The van der Waals surface area contributed by atoms with Crippen molar-refractivity contribution >= 4 is 17.9 Å². The number of furan rings is 1. The SMILES string of the molecule is COc1cc(C=NNc2ccccc2C)ccc1OC(=O)c1ccco1. The van der Waals surface area contributed by atoms with E-state index >= 15 is 0 Å². The third-order valence-corrected chi connectivity index (χ3v) is 3.66. The third kappa shape index (κ3) is 4.10. The van der Waals surface area contributed by atoms with Crippen LogP contribution >= 0.6 is 0 Å². The van der Waals surface area contributed by atoms with Gasteiger partial charge in [-0.05, 0) is 54.4 Å². The van der Waals surface area contributed by atoms with Crippen LogP contribution < -0.4 is 14.9 Å². The smallest absolute Gasteiger partial charge is 0.379 e. The molecule has 1 heterocycles. The molecule has 0 atom stereocenters. The molecule has 1 aromatic heterocycles. The molecule has 6 nitrogen and oxygen atoms in total. The van der Waals surface area contributed by atoms with Gasteiger partial charge in [-0.25, -0.2) is 4.79 Å². The quantitative estimate of drug-likeness (QED) is 0.311. The van der Waals surface area contributed by atoms with Gasteiger partial charge in [0.25, 0.3) is 0 Å². The van der Waals surface area contributed by atoms with Gasteiger partial charge in [0, 0.05) is 0 Å². The maximum Gasteiger partial charge on any atom is 0.379 e. The lowest BCUT2D eigenvalue weighted by molar-refractivity contribution is 0.0696. The van der Waals surface area contributed by atoms with Crippen LogP contribution in [-0.4, -0.2) is 19.3 Å². The van der Waals surface area contributed by atoms with Gasteiger partial charge in [-0.3, -0.25) is 5.43 Å². The number of methoxy groups -OCH3 is 1. The number of hydrogen-bond acceptors (Lipinski definition) is 6. The van der Waals surface area contributed by atoms with Crippen LogP contribution in [0.3, 0.4) is 0 Å². The summed E-state index contributed by atoms with van der Waals surface area (Å²) >= 11 is 0. The molecule has 26 heavy (non-hydrogen) atoms. The van der Waals surface area contributed by atoms with E-state index in [4.69, 9.17) is 13.9 Å². The molecule has 3 rings (SSSR count). The summed E-state index contributed by atoms with van der Waals surface area (Å²) in [5, 5.41) is 4.23. The third-order valence-electron chi connectivity index (χ3n) is 3.66. The maximum absolute atomic E-state index is 12.0. The van der Waals surface area contributed by atoms with E-state index in [-0.39, 0.29) is 5.76 Å². The second kappa shape index (κ2) is 8.02. The molecule has 132 valence electrons. The minimum Gasteiger partial charge on any atom is -0.493 e. The summed E-state index contributed by atoms with van der Waals surface area (Å²) < 4.78 is 15.6. The van der Waals surface area contributed by atoms with Crippen LogP contribution in [0.15, 0.2) is 70.4 Å². The Morgan fingerprint density at radius 2 is 1.96 bits per heavy atom. The zero-order valence-corrected chi connectivity index (χ0v) is 14.4. The van der Waals surface area contributed by atoms with Crippen LogP contribution in [0.5, 0.6) is 11.5 Å². The molecule has 0 fully saturated rings. The Morgan fingerprint density at radius 1 is 1.12 bits per heavy atom. The predicted octanol–water partition coefficient (Wildman–Crippen LogP) is 4.26. The zero-order valence-electron chi connectivity index (χ0n) is 14.4. The van der Waals surface area contributed by atoms with Gasteiger partial charge >= 0.3 is 5.97 Å². The number of esters is 1. The molecule has 0 amide bonds. The Hall–Kier alpha value is -3.54. The number of nitrogens with one attached hydrogen (secondary N) is 1. The fourth-order valence-electron chi connectivity index (χ4n) is 2.27. The first-order chi connectivity index (χ1) is 12.7.